The van der Waals surface area contributed by atoms with Crippen molar-refractivity contribution < 1.29 is 18.9 Å². The first-order valence-electron chi connectivity index (χ1n) is 10.8. The van der Waals surface area contributed by atoms with Crippen LogP contribution in [0, 0.1) is 0 Å². The maximum absolute atomic E-state index is 5.41. The summed E-state index contributed by atoms with van der Waals surface area (Å²) in [5.74, 6) is 1.85. The van der Waals surface area contributed by atoms with Gasteiger partial charge in [0.1, 0.15) is 11.5 Å². The first kappa shape index (κ1) is 30.6. The number of benzene rings is 2. The van der Waals surface area contributed by atoms with Crippen LogP contribution in [0.4, 0.5) is 0 Å². The van der Waals surface area contributed by atoms with Crippen molar-refractivity contribution in [1.29, 1.82) is 0 Å². The van der Waals surface area contributed by atoms with E-state index in [0.717, 1.165) is 24.7 Å². The van der Waals surface area contributed by atoms with Gasteiger partial charge in [0.05, 0.1) is 13.2 Å². The molecule has 0 saturated carbocycles. The van der Waals surface area contributed by atoms with Gasteiger partial charge in [0.2, 0.25) is 0 Å². The summed E-state index contributed by atoms with van der Waals surface area (Å²) in [4.78, 5) is 0. The Hall–Kier alpha value is -1.61. The van der Waals surface area contributed by atoms with Crippen LogP contribution in [0.3, 0.4) is 0 Å². The fourth-order valence-corrected chi connectivity index (χ4v) is 2.48. The first-order valence-corrected chi connectivity index (χ1v) is 13.7. The predicted octanol–water partition coefficient (Wildman–Crippen LogP) is 3.78. The zero-order valence-corrected chi connectivity index (χ0v) is 24.2. The fraction of sp³-hybridized carbons (Fsp3) is 0.500. The topological polar surface area (TPSA) is 36.9 Å². The van der Waals surface area contributed by atoms with E-state index in [1.807, 2.05) is 74.5 Å². The zero-order valence-electron chi connectivity index (χ0n) is 20.2. The Kier molecular flexibility index (Phi) is 25.9. The van der Waals surface area contributed by atoms with E-state index in [0.29, 0.717) is 0 Å². The fourth-order valence-electron chi connectivity index (χ4n) is 1.91. The summed E-state index contributed by atoms with van der Waals surface area (Å²) in [6, 6.07) is 22.3. The van der Waals surface area contributed by atoms with E-state index >= 15 is 0 Å². The highest BCUT2D eigenvalue weighted by atomic mass is 28.1. The molecule has 0 aromatic heterocycles. The molecule has 0 unspecified atom stereocenters. The van der Waals surface area contributed by atoms with Crippen molar-refractivity contribution in [2.24, 2.45) is 0 Å². The summed E-state index contributed by atoms with van der Waals surface area (Å²) < 4.78 is 19.9. The average Bonchev–Trinajstić information content (AvgIpc) is 2.78. The molecule has 2 rings (SSSR count). The van der Waals surface area contributed by atoms with Crippen LogP contribution in [-0.2, 0) is 9.47 Å². The SMILES string of the molecule is CC(C)Oc1ccccc1.COCCC[SiH3].COCCC[SiH3].COc1ccccc1. The van der Waals surface area contributed by atoms with E-state index in [1.165, 1.54) is 45.4 Å². The summed E-state index contributed by atoms with van der Waals surface area (Å²) in [5, 5.41) is 0. The van der Waals surface area contributed by atoms with Gasteiger partial charge in [0.25, 0.3) is 0 Å². The van der Waals surface area contributed by atoms with Crippen molar-refractivity contribution in [2.75, 3.05) is 34.5 Å². The number of hydrogen-bond acceptors (Lipinski definition) is 4. The number of para-hydroxylation sites is 2. The lowest BCUT2D eigenvalue weighted by Crippen LogP contribution is -2.04. The zero-order chi connectivity index (χ0) is 22.9. The second kappa shape index (κ2) is 25.4. The second-order valence-electron chi connectivity index (χ2n) is 6.69. The molecule has 0 spiro atoms. The standard InChI is InChI=1S/C9H12O.C7H8O.2C4H12OSi/c1-8(2)10-9-6-4-3-5-7-9;1-8-7-5-3-2-4-6-7;2*1-5-3-2-4-6/h3-8H,1-2H3;2-6H,1H3;2*2-4H2,1,6H3. The third-order valence-corrected chi connectivity index (χ3v) is 4.91. The molecule has 0 aliphatic carbocycles. The largest absolute Gasteiger partial charge is 0.497 e. The third-order valence-electron chi connectivity index (χ3n) is 3.50. The Morgan fingerprint density at radius 3 is 1.30 bits per heavy atom. The Bertz CT molecular complexity index is 523. The Labute approximate surface area is 191 Å². The van der Waals surface area contributed by atoms with Crippen molar-refractivity contribution >= 4 is 20.5 Å². The normalized spacial score (nSPS) is 9.40. The molecule has 0 heterocycles. The molecule has 0 N–H and O–H groups in total. The van der Waals surface area contributed by atoms with Gasteiger partial charge >= 0.3 is 0 Å². The van der Waals surface area contributed by atoms with Crippen molar-refractivity contribution in [3.8, 4) is 11.5 Å². The molecule has 0 aliphatic heterocycles. The van der Waals surface area contributed by atoms with E-state index in [9.17, 15) is 0 Å². The van der Waals surface area contributed by atoms with Crippen molar-refractivity contribution in [1.82, 2.24) is 0 Å². The minimum atomic E-state index is 0.266. The van der Waals surface area contributed by atoms with E-state index in [4.69, 9.17) is 18.9 Å². The lowest BCUT2D eigenvalue weighted by molar-refractivity contribution is 0.199. The molecule has 4 nitrogen and oxygen atoms in total. The highest BCUT2D eigenvalue weighted by molar-refractivity contribution is 6.08. The summed E-state index contributed by atoms with van der Waals surface area (Å²) >= 11 is 0. The van der Waals surface area contributed by atoms with Crippen LogP contribution in [0.1, 0.15) is 26.7 Å². The molecule has 172 valence electrons. The average molecular weight is 453 g/mol. The van der Waals surface area contributed by atoms with Gasteiger partial charge < -0.3 is 18.9 Å². The first-order chi connectivity index (χ1) is 14.5. The lowest BCUT2D eigenvalue weighted by Gasteiger charge is -2.07. The summed E-state index contributed by atoms with van der Waals surface area (Å²) in [7, 11) is 7.80. The lowest BCUT2D eigenvalue weighted by atomic mass is 10.3. The molecule has 0 saturated heterocycles. The Morgan fingerprint density at radius 1 is 0.667 bits per heavy atom. The molecule has 0 amide bonds. The molecule has 2 aromatic carbocycles. The van der Waals surface area contributed by atoms with Gasteiger partial charge in [-0.2, -0.15) is 0 Å². The van der Waals surface area contributed by atoms with E-state index in [-0.39, 0.29) is 6.10 Å². The van der Waals surface area contributed by atoms with Crippen LogP contribution < -0.4 is 9.47 Å². The second-order valence-corrected chi connectivity index (χ2v) is 8.69. The van der Waals surface area contributed by atoms with E-state index < -0.39 is 0 Å². The van der Waals surface area contributed by atoms with Crippen LogP contribution in [-0.4, -0.2) is 61.1 Å². The number of hydrogen-bond donors (Lipinski definition) is 0. The molecule has 0 fully saturated rings. The van der Waals surface area contributed by atoms with Crippen LogP contribution >= 0.6 is 0 Å². The number of methoxy groups -OCH3 is 3. The van der Waals surface area contributed by atoms with Gasteiger partial charge in [0, 0.05) is 47.9 Å². The highest BCUT2D eigenvalue weighted by Gasteiger charge is 1.92. The predicted molar refractivity (Wildman–Crippen MR) is 138 cm³/mol. The maximum Gasteiger partial charge on any atom is 0.119 e. The van der Waals surface area contributed by atoms with Crippen molar-refractivity contribution in [2.45, 2.75) is 44.9 Å². The summed E-state index contributed by atoms with van der Waals surface area (Å²) in [6.07, 6.45) is 2.77. The van der Waals surface area contributed by atoms with Gasteiger partial charge in [-0.25, -0.2) is 0 Å². The van der Waals surface area contributed by atoms with Crippen molar-refractivity contribution in [3.05, 3.63) is 60.7 Å². The number of ether oxygens (including phenoxy) is 4. The van der Waals surface area contributed by atoms with Gasteiger partial charge in [-0.15, -0.1) is 0 Å². The molecule has 0 bridgehead atoms. The quantitative estimate of drug-likeness (QED) is 0.429. The summed E-state index contributed by atoms with van der Waals surface area (Å²) in [5.41, 5.74) is 0. The Balaban J connectivity index is 0. The van der Waals surface area contributed by atoms with E-state index in [1.54, 1.807) is 21.3 Å². The highest BCUT2D eigenvalue weighted by Crippen LogP contribution is 2.09. The summed E-state index contributed by atoms with van der Waals surface area (Å²) in [6.45, 7) is 5.94. The minimum absolute atomic E-state index is 0.266. The van der Waals surface area contributed by atoms with Gasteiger partial charge in [0.15, 0.2) is 0 Å². The maximum atomic E-state index is 5.41. The smallest absolute Gasteiger partial charge is 0.119 e. The van der Waals surface area contributed by atoms with Gasteiger partial charge in [-0.3, -0.25) is 0 Å². The monoisotopic (exact) mass is 452 g/mol. The minimum Gasteiger partial charge on any atom is -0.497 e. The van der Waals surface area contributed by atoms with Crippen LogP contribution in [0.15, 0.2) is 60.7 Å². The molecule has 0 atom stereocenters. The van der Waals surface area contributed by atoms with Crippen LogP contribution in [0.2, 0.25) is 12.1 Å². The Morgan fingerprint density at radius 2 is 1.07 bits per heavy atom. The van der Waals surface area contributed by atoms with E-state index in [2.05, 4.69) is 0 Å². The molecule has 30 heavy (non-hydrogen) atoms. The van der Waals surface area contributed by atoms with Gasteiger partial charge in [-0.05, 0) is 51.0 Å². The van der Waals surface area contributed by atoms with Gasteiger partial charge in [-0.1, -0.05) is 48.5 Å². The third kappa shape index (κ3) is 24.4. The van der Waals surface area contributed by atoms with Crippen molar-refractivity contribution in [3.63, 3.8) is 0 Å². The molecule has 2 aromatic rings. The number of rotatable bonds is 9. The molecule has 0 aliphatic rings. The molecule has 0 radical (unpaired) electrons. The van der Waals surface area contributed by atoms with Crippen LogP contribution in [0.25, 0.3) is 0 Å². The molecular weight excluding hydrogens is 408 g/mol. The van der Waals surface area contributed by atoms with Crippen LogP contribution in [0.5, 0.6) is 11.5 Å². The molecular formula is C24H44O4Si2. The molecule has 6 heteroatoms.